The van der Waals surface area contributed by atoms with Crippen LogP contribution in [0.25, 0.3) is 16.1 Å². The van der Waals surface area contributed by atoms with Gasteiger partial charge in [0.2, 0.25) is 5.95 Å². The third-order valence-corrected chi connectivity index (χ3v) is 5.80. The summed E-state index contributed by atoms with van der Waals surface area (Å²) < 4.78 is 6.19. The zero-order valence-electron chi connectivity index (χ0n) is 15.6. The smallest absolute Gasteiger partial charge is 0.220 e. The highest BCUT2D eigenvalue weighted by atomic mass is 79.9. The number of ether oxygens (including phenoxy) is 1. The van der Waals surface area contributed by atoms with E-state index in [2.05, 4.69) is 35.6 Å². The molecule has 0 radical (unpaired) electrons. The average molecular weight is 471 g/mol. The molecule has 0 atom stereocenters. The van der Waals surface area contributed by atoms with Crippen molar-refractivity contribution in [2.75, 3.05) is 12.8 Å². The molecule has 0 fully saturated rings. The number of nitrogens with two attached hydrogens (primary N) is 1. The van der Waals surface area contributed by atoms with E-state index in [1.165, 1.54) is 0 Å². The number of aromatic nitrogens is 2. The first-order chi connectivity index (χ1) is 14.0. The van der Waals surface area contributed by atoms with Crippen molar-refractivity contribution in [3.05, 3.63) is 74.1 Å². The van der Waals surface area contributed by atoms with E-state index in [9.17, 15) is 0 Å². The lowest BCUT2D eigenvalue weighted by Gasteiger charge is -2.16. The van der Waals surface area contributed by atoms with Crippen molar-refractivity contribution >= 4 is 39.2 Å². The highest BCUT2D eigenvalue weighted by Gasteiger charge is 2.27. The van der Waals surface area contributed by atoms with Crippen LogP contribution < -0.4 is 10.5 Å². The van der Waals surface area contributed by atoms with E-state index in [1.807, 2.05) is 30.3 Å². The third-order valence-electron chi connectivity index (χ3n) is 4.87. The molecule has 8 heteroatoms. The van der Waals surface area contributed by atoms with Gasteiger partial charge in [-0.2, -0.15) is 0 Å². The Balaban J connectivity index is 1.72. The molecule has 0 aliphatic carbocycles. The average Bonchev–Trinajstić information content (AvgIpc) is 3.10. The molecule has 3 aromatic rings. The van der Waals surface area contributed by atoms with Crippen LogP contribution in [0.1, 0.15) is 16.8 Å². The number of hydrogen-bond acceptors (Lipinski definition) is 5. The van der Waals surface area contributed by atoms with Crippen LogP contribution in [0.4, 0.5) is 11.6 Å². The molecular weight excluding hydrogens is 454 g/mol. The van der Waals surface area contributed by atoms with Gasteiger partial charge in [-0.25, -0.2) is 14.8 Å². The minimum absolute atomic E-state index is 0.208. The van der Waals surface area contributed by atoms with E-state index in [0.717, 1.165) is 26.9 Å². The second kappa shape index (κ2) is 7.99. The monoisotopic (exact) mass is 469 g/mol. The van der Waals surface area contributed by atoms with E-state index in [1.54, 1.807) is 13.2 Å². The van der Waals surface area contributed by atoms with Gasteiger partial charge in [-0.15, -0.1) is 0 Å². The maximum Gasteiger partial charge on any atom is 0.220 e. The van der Waals surface area contributed by atoms with Gasteiger partial charge >= 0.3 is 0 Å². The van der Waals surface area contributed by atoms with Crippen molar-refractivity contribution in [2.45, 2.75) is 19.6 Å². The van der Waals surface area contributed by atoms with E-state index < -0.39 is 0 Å². The van der Waals surface area contributed by atoms with Crippen LogP contribution in [-0.4, -0.2) is 22.0 Å². The molecule has 1 aliphatic rings. The normalized spacial score (nSPS) is 13.2. The first-order valence-electron chi connectivity index (χ1n) is 8.86. The summed E-state index contributed by atoms with van der Waals surface area (Å²) in [4.78, 5) is 14.8. The number of nitrogen functional groups attached to an aromatic ring is 1. The molecule has 6 nitrogen and oxygen atoms in total. The Kier molecular flexibility index (Phi) is 5.41. The minimum Gasteiger partial charge on any atom is -0.496 e. The number of fused-ring (bicyclic) bond motifs is 1. The molecule has 0 saturated heterocycles. The van der Waals surface area contributed by atoms with E-state index in [4.69, 9.17) is 28.6 Å². The molecule has 1 aliphatic heterocycles. The van der Waals surface area contributed by atoms with Crippen LogP contribution in [-0.2, 0) is 19.6 Å². The van der Waals surface area contributed by atoms with E-state index in [0.29, 0.717) is 41.8 Å². The Hall–Kier alpha value is -2.66. The molecule has 146 valence electrons. The summed E-state index contributed by atoms with van der Waals surface area (Å²) in [5.41, 5.74) is 11.0. The second-order valence-corrected chi connectivity index (χ2v) is 7.97. The SMILES string of the molecule is [C-]#[N+]c1ccccc1CN1Cc2nc(N)nc(-c3cc(OC)c(Br)cc3Cl)c2C1. The van der Waals surface area contributed by atoms with Gasteiger partial charge in [0.15, 0.2) is 5.69 Å². The van der Waals surface area contributed by atoms with Crippen LogP contribution in [0.5, 0.6) is 5.75 Å². The third kappa shape index (κ3) is 3.79. The first kappa shape index (κ1) is 19.6. The van der Waals surface area contributed by atoms with Gasteiger partial charge in [-0.3, -0.25) is 4.90 Å². The largest absolute Gasteiger partial charge is 0.496 e. The fraction of sp³-hybridized carbons (Fsp3) is 0.190. The number of methoxy groups -OCH3 is 1. The summed E-state index contributed by atoms with van der Waals surface area (Å²) in [6.07, 6.45) is 0. The van der Waals surface area contributed by atoms with Gasteiger partial charge in [0.25, 0.3) is 0 Å². The molecule has 1 aromatic heterocycles. The van der Waals surface area contributed by atoms with Crippen LogP contribution in [0.15, 0.2) is 40.9 Å². The maximum absolute atomic E-state index is 7.38. The van der Waals surface area contributed by atoms with Gasteiger partial charge in [0.05, 0.1) is 34.6 Å². The zero-order valence-corrected chi connectivity index (χ0v) is 18.0. The summed E-state index contributed by atoms with van der Waals surface area (Å²) >= 11 is 9.97. The van der Waals surface area contributed by atoms with E-state index in [-0.39, 0.29) is 5.95 Å². The summed E-state index contributed by atoms with van der Waals surface area (Å²) in [5, 5.41) is 0.551. The van der Waals surface area contributed by atoms with Crippen molar-refractivity contribution in [2.24, 2.45) is 0 Å². The highest BCUT2D eigenvalue weighted by Crippen LogP contribution is 2.40. The highest BCUT2D eigenvalue weighted by molar-refractivity contribution is 9.10. The first-order valence-corrected chi connectivity index (χ1v) is 10.0. The molecule has 0 amide bonds. The number of benzene rings is 2. The van der Waals surface area contributed by atoms with Crippen molar-refractivity contribution in [3.63, 3.8) is 0 Å². The quantitative estimate of drug-likeness (QED) is 0.530. The maximum atomic E-state index is 7.38. The summed E-state index contributed by atoms with van der Waals surface area (Å²) in [7, 11) is 1.60. The van der Waals surface area contributed by atoms with Crippen molar-refractivity contribution < 1.29 is 4.74 Å². The van der Waals surface area contributed by atoms with Crippen LogP contribution in [0, 0.1) is 6.57 Å². The van der Waals surface area contributed by atoms with Gasteiger partial charge in [0, 0.05) is 30.8 Å². The van der Waals surface area contributed by atoms with Gasteiger partial charge in [0.1, 0.15) is 5.75 Å². The van der Waals surface area contributed by atoms with Gasteiger partial charge < -0.3 is 10.5 Å². The predicted molar refractivity (Wildman–Crippen MR) is 117 cm³/mol. The molecule has 0 spiro atoms. The topological polar surface area (TPSA) is 68.6 Å². The number of rotatable bonds is 4. The molecular formula is C21H17BrClN5O. The molecule has 0 saturated carbocycles. The van der Waals surface area contributed by atoms with Crippen LogP contribution in [0.3, 0.4) is 0 Å². The lowest BCUT2D eigenvalue weighted by Crippen LogP contribution is -2.15. The second-order valence-electron chi connectivity index (χ2n) is 6.71. The summed E-state index contributed by atoms with van der Waals surface area (Å²) in [6.45, 7) is 9.30. The van der Waals surface area contributed by atoms with E-state index >= 15 is 0 Å². The number of halogens is 2. The lowest BCUT2D eigenvalue weighted by molar-refractivity contribution is 0.274. The molecule has 4 rings (SSSR count). The molecule has 0 bridgehead atoms. The Morgan fingerprint density at radius 3 is 2.83 bits per heavy atom. The van der Waals surface area contributed by atoms with Crippen molar-refractivity contribution in [1.82, 2.24) is 14.9 Å². The lowest BCUT2D eigenvalue weighted by atomic mass is 10.1. The van der Waals surface area contributed by atoms with Crippen LogP contribution >= 0.6 is 27.5 Å². The number of hydrogen-bond donors (Lipinski definition) is 1. The zero-order chi connectivity index (χ0) is 20.5. The number of para-hydroxylation sites is 1. The van der Waals surface area contributed by atoms with Gasteiger partial charge in [-0.1, -0.05) is 35.9 Å². The fourth-order valence-electron chi connectivity index (χ4n) is 3.53. The molecule has 2 aromatic carbocycles. The summed E-state index contributed by atoms with van der Waals surface area (Å²) in [6, 6.07) is 11.3. The molecule has 0 unspecified atom stereocenters. The Morgan fingerprint density at radius 2 is 2.07 bits per heavy atom. The molecule has 2 N–H and O–H groups in total. The minimum atomic E-state index is 0.208. The van der Waals surface area contributed by atoms with Crippen LogP contribution in [0.2, 0.25) is 5.02 Å². The Morgan fingerprint density at radius 1 is 1.28 bits per heavy atom. The van der Waals surface area contributed by atoms with Crippen molar-refractivity contribution in [3.8, 4) is 17.0 Å². The Labute approximate surface area is 182 Å². The number of nitrogens with zero attached hydrogens (tertiary/aromatic N) is 4. The number of anilines is 1. The Bertz CT molecular complexity index is 1140. The fourth-order valence-corrected chi connectivity index (χ4v) is 4.42. The molecule has 29 heavy (non-hydrogen) atoms. The standard InChI is InChI=1S/C21H17BrClN5O/c1-25-17-6-4-3-5-12(17)9-28-10-14-18(11-28)26-21(24)27-20(14)13-7-19(29-2)15(22)8-16(13)23/h3-8H,9-11H2,2H3,(H2,24,26,27). The van der Waals surface area contributed by atoms with Gasteiger partial charge in [-0.05, 0) is 33.6 Å². The molecule has 2 heterocycles. The summed E-state index contributed by atoms with van der Waals surface area (Å²) in [5.74, 6) is 0.872. The predicted octanol–water partition coefficient (Wildman–Crippen LogP) is 5.22. The van der Waals surface area contributed by atoms with Crippen molar-refractivity contribution in [1.29, 1.82) is 0 Å².